The van der Waals surface area contributed by atoms with Crippen molar-refractivity contribution in [3.8, 4) is 0 Å². The Bertz CT molecular complexity index is 1230. The third-order valence-corrected chi connectivity index (χ3v) is 7.92. The van der Waals surface area contributed by atoms with Crippen molar-refractivity contribution in [2.75, 3.05) is 31.1 Å². The number of hydroxylamine groups is 1. The first kappa shape index (κ1) is 19.9. The number of carbonyl (C=O) groups excluding carboxylic acids is 1. The number of carbonyl (C=O) groups is 1. The van der Waals surface area contributed by atoms with Gasteiger partial charge in [0.25, 0.3) is 5.91 Å². The Kier molecular flexibility index (Phi) is 4.84. The van der Waals surface area contributed by atoms with Crippen molar-refractivity contribution in [2.24, 2.45) is 11.8 Å². The highest BCUT2D eigenvalue weighted by atomic mass is 32.2. The molecule has 2 fully saturated rings. The van der Waals surface area contributed by atoms with E-state index in [0.717, 1.165) is 10.8 Å². The third kappa shape index (κ3) is 3.52. The minimum Gasteiger partial charge on any atom is -0.340 e. The maximum atomic E-state index is 13.2. The standard InChI is InChI=1S/C21H21N5O4S/c27-20(24-28)16-8-22-21(23-9-16)25-10-17-12-26(13-18(17)11-25)31(29,30)19-6-5-14-3-1-2-4-15(14)7-19/h1-9,17-18,28H,10-13H2,(H,24,27)/t17-,18+. The van der Waals surface area contributed by atoms with Crippen LogP contribution in [0.25, 0.3) is 10.8 Å². The molecule has 1 aromatic heterocycles. The Morgan fingerprint density at radius 2 is 1.61 bits per heavy atom. The van der Waals surface area contributed by atoms with Gasteiger partial charge < -0.3 is 4.90 Å². The monoisotopic (exact) mass is 439 g/mol. The average Bonchev–Trinajstić information content (AvgIpc) is 3.38. The quantitative estimate of drug-likeness (QED) is 0.468. The van der Waals surface area contributed by atoms with Gasteiger partial charge in [-0.1, -0.05) is 30.3 Å². The van der Waals surface area contributed by atoms with Crippen LogP contribution in [0.4, 0.5) is 5.95 Å². The number of anilines is 1. The molecule has 0 aliphatic carbocycles. The van der Waals surface area contributed by atoms with E-state index in [2.05, 4.69) is 9.97 Å². The molecule has 2 N–H and O–H groups in total. The first-order valence-electron chi connectivity index (χ1n) is 9.96. The second kappa shape index (κ2) is 7.56. The molecule has 2 aliphatic rings. The van der Waals surface area contributed by atoms with Crippen molar-refractivity contribution in [1.82, 2.24) is 19.8 Å². The van der Waals surface area contributed by atoms with Gasteiger partial charge in [-0.2, -0.15) is 4.31 Å². The van der Waals surface area contributed by atoms with Crippen LogP contribution < -0.4 is 10.4 Å². The van der Waals surface area contributed by atoms with E-state index in [1.54, 1.807) is 21.9 Å². The molecule has 3 heterocycles. The number of hydrogen-bond acceptors (Lipinski definition) is 7. The van der Waals surface area contributed by atoms with E-state index >= 15 is 0 Å². The van der Waals surface area contributed by atoms with Crippen LogP contribution in [0, 0.1) is 11.8 Å². The fourth-order valence-corrected chi connectivity index (χ4v) is 6.04. The van der Waals surface area contributed by atoms with Crippen LogP contribution in [0.15, 0.2) is 59.8 Å². The van der Waals surface area contributed by atoms with Crippen LogP contribution in [0.3, 0.4) is 0 Å². The van der Waals surface area contributed by atoms with Gasteiger partial charge in [-0.25, -0.2) is 23.9 Å². The molecule has 9 nitrogen and oxygen atoms in total. The molecule has 1 amide bonds. The van der Waals surface area contributed by atoms with Crippen LogP contribution >= 0.6 is 0 Å². The molecular formula is C21H21N5O4S. The van der Waals surface area contributed by atoms with Gasteiger partial charge in [-0.3, -0.25) is 10.0 Å². The van der Waals surface area contributed by atoms with E-state index in [1.165, 1.54) is 12.4 Å². The summed E-state index contributed by atoms with van der Waals surface area (Å²) in [4.78, 5) is 22.2. The van der Waals surface area contributed by atoms with Crippen molar-refractivity contribution in [3.63, 3.8) is 0 Å². The zero-order chi connectivity index (χ0) is 21.6. The zero-order valence-electron chi connectivity index (χ0n) is 16.5. The van der Waals surface area contributed by atoms with Gasteiger partial charge >= 0.3 is 0 Å². The fourth-order valence-electron chi connectivity index (χ4n) is 4.45. The Morgan fingerprint density at radius 1 is 0.968 bits per heavy atom. The number of amides is 1. The second-order valence-electron chi connectivity index (χ2n) is 7.97. The molecule has 3 aromatic rings. The molecule has 0 spiro atoms. The lowest BCUT2D eigenvalue weighted by atomic mass is 10.0. The molecule has 31 heavy (non-hydrogen) atoms. The van der Waals surface area contributed by atoms with Crippen molar-refractivity contribution < 1.29 is 18.4 Å². The molecule has 0 saturated carbocycles. The number of nitrogens with zero attached hydrogens (tertiary/aromatic N) is 4. The molecule has 160 valence electrons. The summed E-state index contributed by atoms with van der Waals surface area (Å²) in [5, 5.41) is 10.6. The van der Waals surface area contributed by atoms with Crippen molar-refractivity contribution in [1.29, 1.82) is 0 Å². The van der Waals surface area contributed by atoms with Crippen molar-refractivity contribution in [2.45, 2.75) is 4.90 Å². The normalized spacial score (nSPS) is 21.4. The van der Waals surface area contributed by atoms with Gasteiger partial charge in [0.2, 0.25) is 16.0 Å². The lowest BCUT2D eigenvalue weighted by Crippen LogP contribution is -2.33. The van der Waals surface area contributed by atoms with E-state index < -0.39 is 15.9 Å². The summed E-state index contributed by atoms with van der Waals surface area (Å²) in [6.07, 6.45) is 2.72. The molecule has 0 unspecified atom stereocenters. The first-order chi connectivity index (χ1) is 15.0. The van der Waals surface area contributed by atoms with Crippen molar-refractivity contribution in [3.05, 3.63) is 60.4 Å². The van der Waals surface area contributed by atoms with E-state index in [-0.39, 0.29) is 17.4 Å². The maximum absolute atomic E-state index is 13.2. The summed E-state index contributed by atoms with van der Waals surface area (Å²) in [7, 11) is -3.56. The second-order valence-corrected chi connectivity index (χ2v) is 9.91. The number of hydrogen-bond donors (Lipinski definition) is 2. The predicted molar refractivity (Wildman–Crippen MR) is 113 cm³/mol. The molecule has 5 rings (SSSR count). The number of fused-ring (bicyclic) bond motifs is 2. The molecule has 2 aliphatic heterocycles. The fraction of sp³-hybridized carbons (Fsp3) is 0.286. The molecule has 2 atom stereocenters. The molecule has 0 bridgehead atoms. The van der Waals surface area contributed by atoms with Gasteiger partial charge in [0, 0.05) is 38.6 Å². The van der Waals surface area contributed by atoms with E-state index in [9.17, 15) is 13.2 Å². The van der Waals surface area contributed by atoms with Gasteiger partial charge in [0.1, 0.15) is 0 Å². The highest BCUT2D eigenvalue weighted by Crippen LogP contribution is 2.35. The van der Waals surface area contributed by atoms with Crippen LogP contribution in [-0.4, -0.2) is 60.0 Å². The number of benzene rings is 2. The van der Waals surface area contributed by atoms with Crippen LogP contribution in [-0.2, 0) is 10.0 Å². The van der Waals surface area contributed by atoms with Gasteiger partial charge in [-0.05, 0) is 34.7 Å². The summed E-state index contributed by atoms with van der Waals surface area (Å²) in [5.74, 6) is 0.214. The Morgan fingerprint density at radius 3 is 2.26 bits per heavy atom. The molecule has 2 aromatic carbocycles. The Balaban J connectivity index is 1.29. The van der Waals surface area contributed by atoms with E-state index in [1.807, 2.05) is 35.2 Å². The molecular weight excluding hydrogens is 418 g/mol. The summed E-state index contributed by atoms with van der Waals surface area (Å²) in [6, 6.07) is 13.0. The van der Waals surface area contributed by atoms with Gasteiger partial charge in [-0.15, -0.1) is 0 Å². The Hall–Kier alpha value is -3.08. The van der Waals surface area contributed by atoms with Crippen LogP contribution in [0.5, 0.6) is 0 Å². The molecule has 10 heteroatoms. The van der Waals surface area contributed by atoms with E-state index in [0.29, 0.717) is 37.0 Å². The lowest BCUT2D eigenvalue weighted by Gasteiger charge is -2.21. The Labute approximate surface area is 179 Å². The third-order valence-electron chi connectivity index (χ3n) is 6.10. The zero-order valence-corrected chi connectivity index (χ0v) is 17.4. The largest absolute Gasteiger partial charge is 0.340 e. The summed E-state index contributed by atoms with van der Waals surface area (Å²) >= 11 is 0. The first-order valence-corrected chi connectivity index (χ1v) is 11.4. The van der Waals surface area contributed by atoms with Crippen molar-refractivity contribution >= 4 is 32.7 Å². The highest BCUT2D eigenvalue weighted by Gasteiger charge is 2.44. The topological polar surface area (TPSA) is 116 Å². The summed E-state index contributed by atoms with van der Waals surface area (Å²) in [5.41, 5.74) is 1.71. The van der Waals surface area contributed by atoms with Gasteiger partial charge in [0.05, 0.1) is 10.5 Å². The summed E-state index contributed by atoms with van der Waals surface area (Å²) < 4.78 is 28.0. The molecule has 0 radical (unpaired) electrons. The lowest BCUT2D eigenvalue weighted by molar-refractivity contribution is 0.0705. The van der Waals surface area contributed by atoms with Crippen LogP contribution in [0.1, 0.15) is 10.4 Å². The van der Waals surface area contributed by atoms with E-state index in [4.69, 9.17) is 5.21 Å². The minimum atomic E-state index is -3.56. The predicted octanol–water partition coefficient (Wildman–Crippen LogP) is 1.51. The highest BCUT2D eigenvalue weighted by molar-refractivity contribution is 7.89. The van der Waals surface area contributed by atoms with Gasteiger partial charge in [0.15, 0.2) is 0 Å². The smallest absolute Gasteiger partial charge is 0.277 e. The minimum absolute atomic E-state index is 0.165. The number of sulfonamides is 1. The van der Waals surface area contributed by atoms with Crippen LogP contribution in [0.2, 0.25) is 0 Å². The number of aromatic nitrogens is 2. The summed E-state index contributed by atoms with van der Waals surface area (Å²) in [6.45, 7) is 2.22. The average molecular weight is 439 g/mol. The molecule has 2 saturated heterocycles. The SMILES string of the molecule is O=C(NO)c1cnc(N2C[C@@H]3CN(S(=O)(=O)c4ccc5ccccc5c4)C[C@@H]3C2)nc1. The number of nitrogens with one attached hydrogen (secondary N) is 1. The maximum Gasteiger partial charge on any atom is 0.277 e. The number of rotatable bonds is 4.